The van der Waals surface area contributed by atoms with Crippen LogP contribution in [0.1, 0.15) is 49.7 Å². The zero-order valence-electron chi connectivity index (χ0n) is 21.1. The molecule has 1 N–H and O–H groups in total. The molecule has 1 saturated carbocycles. The Hall–Kier alpha value is -2.57. The molecule has 1 spiro atoms. The molecule has 3 heterocycles. The minimum atomic E-state index is -1.60. The number of imidazole rings is 1. The molecule has 2 fully saturated rings. The van der Waals surface area contributed by atoms with Crippen molar-refractivity contribution in [2.75, 3.05) is 25.5 Å². The molecule has 9 heteroatoms. The van der Waals surface area contributed by atoms with E-state index in [1.54, 1.807) is 17.2 Å². The number of pyridine rings is 1. The van der Waals surface area contributed by atoms with Gasteiger partial charge in [0.2, 0.25) is 0 Å². The van der Waals surface area contributed by atoms with E-state index >= 15 is 0 Å². The molecule has 2 atom stereocenters. The molecule has 0 bridgehead atoms. The number of carbonyl (C=O) groups is 1. The highest BCUT2D eigenvalue weighted by Crippen LogP contribution is 2.47. The number of hydrogen-bond acceptors (Lipinski definition) is 4. The molecule has 1 aromatic carbocycles. The van der Waals surface area contributed by atoms with Gasteiger partial charge in [0.15, 0.2) is 5.41 Å². The molecule has 2 aliphatic rings. The van der Waals surface area contributed by atoms with Crippen molar-refractivity contribution < 1.29 is 9.18 Å². The molecule has 7 nitrogen and oxygen atoms in total. The molecule has 2 aromatic heterocycles. The van der Waals surface area contributed by atoms with Crippen LogP contribution >= 0.6 is 9.24 Å². The third kappa shape index (κ3) is 3.91. The van der Waals surface area contributed by atoms with Gasteiger partial charge in [0, 0.05) is 7.05 Å². The van der Waals surface area contributed by atoms with E-state index in [9.17, 15) is 9.18 Å². The summed E-state index contributed by atoms with van der Waals surface area (Å²) in [4.78, 5) is 26.5. The lowest BCUT2D eigenvalue weighted by molar-refractivity contribution is 0.0559. The summed E-state index contributed by atoms with van der Waals surface area (Å²) in [6.07, 6.45) is 5.08. The summed E-state index contributed by atoms with van der Waals surface area (Å²) in [5.41, 5.74) is 3.54. The van der Waals surface area contributed by atoms with E-state index < -0.39 is 5.41 Å². The van der Waals surface area contributed by atoms with Gasteiger partial charge in [-0.2, -0.15) is 0 Å². The number of halogens is 1. The predicted molar refractivity (Wildman–Crippen MR) is 140 cm³/mol. The molecule has 35 heavy (non-hydrogen) atoms. The van der Waals surface area contributed by atoms with Gasteiger partial charge in [0.25, 0.3) is 0 Å². The highest BCUT2D eigenvalue weighted by Gasteiger charge is 2.52. The molecule has 1 aliphatic heterocycles. The number of rotatable bonds is 4. The normalized spacial score (nSPS) is 26.5. The highest BCUT2D eigenvalue weighted by molar-refractivity contribution is 7.18. The first-order valence-corrected chi connectivity index (χ1v) is 12.7. The van der Waals surface area contributed by atoms with Gasteiger partial charge >= 0.3 is 6.03 Å². The molecular weight excluding hydrogens is 462 g/mol. The second-order valence-corrected chi connectivity index (χ2v) is 11.7. The molecule has 3 aromatic rings. The van der Waals surface area contributed by atoms with Gasteiger partial charge in [-0.05, 0) is 77.4 Å². The molecule has 1 saturated heterocycles. The topological polar surface area (TPSA) is 66.3 Å². The third-order valence-corrected chi connectivity index (χ3v) is 8.34. The summed E-state index contributed by atoms with van der Waals surface area (Å²) in [7, 11) is 8.51. The van der Waals surface area contributed by atoms with E-state index in [-0.39, 0.29) is 17.1 Å². The van der Waals surface area contributed by atoms with Crippen molar-refractivity contribution in [2.24, 2.45) is 7.05 Å². The number of fused-ring (bicyclic) bond motifs is 1. The van der Waals surface area contributed by atoms with Crippen LogP contribution in [0.2, 0.25) is 0 Å². The summed E-state index contributed by atoms with van der Waals surface area (Å²) in [6.45, 7) is 3.94. The van der Waals surface area contributed by atoms with Gasteiger partial charge in [0.1, 0.15) is 5.82 Å². The monoisotopic (exact) mass is 496 g/mol. The van der Waals surface area contributed by atoms with Crippen LogP contribution < -0.4 is 10.2 Å². The number of aromatic nitrogens is 3. The van der Waals surface area contributed by atoms with Crippen molar-refractivity contribution in [1.82, 2.24) is 24.8 Å². The van der Waals surface area contributed by atoms with Crippen LogP contribution in [0.25, 0.3) is 11.0 Å². The Morgan fingerprint density at radius 2 is 1.89 bits per heavy atom. The maximum atomic E-state index is 14.3. The number of benzene rings is 1. The number of alkyl halides is 1. The maximum Gasteiger partial charge on any atom is 0.322 e. The van der Waals surface area contributed by atoms with Crippen LogP contribution in [-0.2, 0) is 18.0 Å². The molecule has 186 valence electrons. The Morgan fingerprint density at radius 1 is 1.20 bits per heavy atom. The smallest absolute Gasteiger partial charge is 0.322 e. The fourth-order valence-electron chi connectivity index (χ4n) is 5.86. The molecule has 1 aliphatic carbocycles. The average Bonchev–Trinajstić information content (AvgIpc) is 3.31. The Balaban J connectivity index is 1.41. The zero-order chi connectivity index (χ0) is 25.2. The van der Waals surface area contributed by atoms with Crippen molar-refractivity contribution in [3.63, 3.8) is 0 Å². The standard InChI is InChI=1S/C26H34FN6OP/c1-17-14-21(24(2,27)35)28-15-20(17)33-16-25(30-23(33)34)10-12-26(13-11-25,31(3)4)22-29-18-8-6-7-9-19(18)32(22)5/h6-9,14-15H,10-13,16,35H2,1-5H3,(H,30,34). The first-order valence-electron chi connectivity index (χ1n) is 12.1. The lowest BCUT2D eigenvalue weighted by atomic mass is 9.71. The lowest BCUT2D eigenvalue weighted by Crippen LogP contribution is -2.54. The zero-order valence-corrected chi connectivity index (χ0v) is 22.3. The van der Waals surface area contributed by atoms with Gasteiger partial charge in [-0.3, -0.25) is 14.8 Å². The summed E-state index contributed by atoms with van der Waals surface area (Å²) in [5, 5.41) is 1.69. The summed E-state index contributed by atoms with van der Waals surface area (Å²) < 4.78 is 16.6. The molecule has 0 radical (unpaired) electrons. The predicted octanol–water partition coefficient (Wildman–Crippen LogP) is 4.59. The van der Waals surface area contributed by atoms with Crippen molar-refractivity contribution in [1.29, 1.82) is 0 Å². The van der Waals surface area contributed by atoms with Crippen molar-refractivity contribution in [3.05, 3.63) is 53.6 Å². The van der Waals surface area contributed by atoms with Crippen LogP contribution in [0.4, 0.5) is 14.9 Å². The lowest BCUT2D eigenvalue weighted by Gasteiger charge is -2.47. The van der Waals surface area contributed by atoms with Gasteiger partial charge < -0.3 is 9.88 Å². The number of urea groups is 1. The van der Waals surface area contributed by atoms with Crippen LogP contribution in [0.15, 0.2) is 36.5 Å². The van der Waals surface area contributed by atoms with Crippen molar-refractivity contribution >= 4 is 32.0 Å². The van der Waals surface area contributed by atoms with E-state index in [0.717, 1.165) is 53.8 Å². The Bertz CT molecular complexity index is 1290. The number of hydrogen-bond donors (Lipinski definition) is 1. The number of para-hydroxylation sites is 2. The Morgan fingerprint density at radius 3 is 2.49 bits per heavy atom. The van der Waals surface area contributed by atoms with E-state index in [1.165, 1.54) is 6.92 Å². The van der Waals surface area contributed by atoms with Crippen molar-refractivity contribution in [2.45, 2.75) is 56.0 Å². The van der Waals surface area contributed by atoms with E-state index in [4.69, 9.17) is 4.98 Å². The third-order valence-electron chi connectivity index (χ3n) is 8.05. The second-order valence-electron chi connectivity index (χ2n) is 10.6. The van der Waals surface area contributed by atoms with E-state index in [1.807, 2.05) is 19.1 Å². The van der Waals surface area contributed by atoms with Crippen LogP contribution in [0, 0.1) is 6.92 Å². The minimum absolute atomic E-state index is 0.114. The molecule has 5 rings (SSSR count). The first-order chi connectivity index (χ1) is 16.5. The first kappa shape index (κ1) is 24.1. The molecule has 2 amide bonds. The van der Waals surface area contributed by atoms with Crippen LogP contribution in [-0.4, -0.2) is 51.6 Å². The molecular formula is C26H34FN6OP. The second kappa shape index (κ2) is 8.24. The van der Waals surface area contributed by atoms with Gasteiger partial charge in [-0.15, -0.1) is 0 Å². The number of carbonyl (C=O) groups excluding carboxylic acids is 1. The number of nitrogens with one attached hydrogen (secondary N) is 1. The fourth-order valence-corrected chi connectivity index (χ4v) is 6.02. The van der Waals surface area contributed by atoms with Crippen LogP contribution in [0.5, 0.6) is 0 Å². The number of aryl methyl sites for hydroxylation is 2. The highest BCUT2D eigenvalue weighted by atomic mass is 31.0. The Labute approximate surface area is 208 Å². The quantitative estimate of drug-likeness (QED) is 0.537. The van der Waals surface area contributed by atoms with Crippen LogP contribution in [0.3, 0.4) is 0 Å². The summed E-state index contributed by atoms with van der Waals surface area (Å²) in [6, 6.07) is 9.86. The fraction of sp³-hybridized carbons (Fsp3) is 0.500. The van der Waals surface area contributed by atoms with E-state index in [0.29, 0.717) is 12.2 Å². The van der Waals surface area contributed by atoms with Gasteiger partial charge in [-0.1, -0.05) is 21.4 Å². The number of nitrogens with zero attached hydrogens (tertiary/aromatic N) is 5. The van der Waals surface area contributed by atoms with Gasteiger partial charge in [-0.25, -0.2) is 14.2 Å². The largest absolute Gasteiger partial charge is 0.330 e. The SMILES string of the molecule is Cc1cc(C(C)(F)P)ncc1N1CC2(CCC(c3nc4ccccc4n3C)(N(C)C)CC2)NC1=O. The number of amides is 2. The van der Waals surface area contributed by atoms with E-state index in [2.05, 4.69) is 62.3 Å². The average molecular weight is 497 g/mol. The summed E-state index contributed by atoms with van der Waals surface area (Å²) >= 11 is 0. The van der Waals surface area contributed by atoms with Crippen molar-refractivity contribution in [3.8, 4) is 0 Å². The summed E-state index contributed by atoms with van der Waals surface area (Å²) in [5.74, 6) is 1.07. The maximum absolute atomic E-state index is 14.3. The number of anilines is 1. The minimum Gasteiger partial charge on any atom is -0.330 e. The Kier molecular flexibility index (Phi) is 5.68. The molecule has 2 unspecified atom stereocenters. The van der Waals surface area contributed by atoms with Gasteiger partial charge in [0.05, 0.1) is 46.2 Å².